The van der Waals surface area contributed by atoms with Crippen molar-refractivity contribution in [1.29, 1.82) is 0 Å². The molecule has 0 bridgehead atoms. The molecule has 0 unspecified atom stereocenters. The number of benzene rings is 1. The van der Waals surface area contributed by atoms with Crippen LogP contribution in [0.4, 0.5) is 16.2 Å². The van der Waals surface area contributed by atoms with Crippen molar-refractivity contribution in [1.82, 2.24) is 4.90 Å². The van der Waals surface area contributed by atoms with E-state index in [1.807, 2.05) is 25.7 Å². The Kier molecular flexibility index (Phi) is 3.44. The second-order valence-electron chi connectivity index (χ2n) is 8.22. The van der Waals surface area contributed by atoms with Crippen LogP contribution in [-0.2, 0) is 4.74 Å². The van der Waals surface area contributed by atoms with E-state index in [4.69, 9.17) is 4.74 Å². The highest BCUT2D eigenvalue weighted by molar-refractivity contribution is 5.81. The molecule has 2 atom stereocenters. The predicted octanol–water partition coefficient (Wildman–Crippen LogP) is 3.05. The summed E-state index contributed by atoms with van der Waals surface area (Å²) in [6.07, 6.45) is 0.839. The molecular formula is C19H27N3O2. The van der Waals surface area contributed by atoms with Crippen molar-refractivity contribution in [3.8, 4) is 0 Å². The van der Waals surface area contributed by atoms with Crippen molar-refractivity contribution in [2.24, 2.45) is 0 Å². The van der Waals surface area contributed by atoms with E-state index in [1.54, 1.807) is 0 Å². The van der Waals surface area contributed by atoms with E-state index in [2.05, 4.69) is 35.0 Å². The zero-order chi connectivity index (χ0) is 17.1. The Labute approximate surface area is 144 Å². The number of hydrogen-bond acceptors (Lipinski definition) is 4. The van der Waals surface area contributed by atoms with Gasteiger partial charge < -0.3 is 19.4 Å². The summed E-state index contributed by atoms with van der Waals surface area (Å²) < 4.78 is 5.59. The lowest BCUT2D eigenvalue weighted by molar-refractivity contribution is 0.0189. The molecule has 4 rings (SSSR count). The average molecular weight is 329 g/mol. The molecule has 1 aromatic rings. The standard InChI is InChI=1S/C19H27N3O2/c1-19(2,3)24-18(23)21-9-8-15-14(12-21)13-6-5-7-16-17(13)22(15)11-10-20(16)4/h5-7,14-15H,8-12H2,1-4H3/t14-,15-/m0/s1. The Morgan fingerprint density at radius 2 is 2.00 bits per heavy atom. The number of para-hydroxylation sites is 1. The fourth-order valence-corrected chi connectivity index (χ4v) is 4.40. The maximum atomic E-state index is 12.5. The number of nitrogens with zero attached hydrogens (tertiary/aromatic N) is 3. The van der Waals surface area contributed by atoms with Crippen molar-refractivity contribution in [3.05, 3.63) is 23.8 Å². The van der Waals surface area contributed by atoms with Crippen LogP contribution in [0.1, 0.15) is 38.7 Å². The topological polar surface area (TPSA) is 36.0 Å². The number of likely N-dealkylation sites (tertiary alicyclic amines) is 1. The van der Waals surface area contributed by atoms with Crippen LogP contribution in [0.2, 0.25) is 0 Å². The van der Waals surface area contributed by atoms with Crippen LogP contribution >= 0.6 is 0 Å². The molecule has 0 radical (unpaired) electrons. The summed E-state index contributed by atoms with van der Waals surface area (Å²) in [5.41, 5.74) is 3.69. The van der Waals surface area contributed by atoms with Crippen LogP contribution in [-0.4, -0.2) is 55.9 Å². The van der Waals surface area contributed by atoms with Gasteiger partial charge in [-0.25, -0.2) is 4.79 Å². The molecule has 3 aliphatic heterocycles. The number of carbonyl (C=O) groups is 1. The number of fused-ring (bicyclic) bond motifs is 3. The van der Waals surface area contributed by atoms with Gasteiger partial charge in [-0.3, -0.25) is 0 Å². The molecule has 5 heteroatoms. The molecule has 0 aromatic heterocycles. The zero-order valence-corrected chi connectivity index (χ0v) is 15.1. The maximum absolute atomic E-state index is 12.5. The fraction of sp³-hybridized carbons (Fsp3) is 0.632. The van der Waals surface area contributed by atoms with Crippen molar-refractivity contribution < 1.29 is 9.53 Å². The molecule has 130 valence electrons. The Morgan fingerprint density at radius 3 is 2.75 bits per heavy atom. The van der Waals surface area contributed by atoms with Crippen molar-refractivity contribution >= 4 is 17.5 Å². The number of carbonyl (C=O) groups excluding carboxylic acids is 1. The summed E-state index contributed by atoms with van der Waals surface area (Å²) in [5.74, 6) is 0.396. The fourth-order valence-electron chi connectivity index (χ4n) is 4.40. The van der Waals surface area contributed by atoms with Gasteiger partial charge in [0.2, 0.25) is 0 Å². The van der Waals surface area contributed by atoms with E-state index < -0.39 is 5.60 Å². The lowest BCUT2D eigenvalue weighted by Crippen LogP contribution is -2.51. The smallest absolute Gasteiger partial charge is 0.410 e. The molecule has 0 N–H and O–H groups in total. The van der Waals surface area contributed by atoms with E-state index >= 15 is 0 Å². The van der Waals surface area contributed by atoms with Gasteiger partial charge in [-0.2, -0.15) is 0 Å². The van der Waals surface area contributed by atoms with Crippen molar-refractivity contribution in [3.63, 3.8) is 0 Å². The molecule has 24 heavy (non-hydrogen) atoms. The minimum Gasteiger partial charge on any atom is -0.444 e. The molecule has 1 amide bonds. The highest BCUT2D eigenvalue weighted by Gasteiger charge is 2.45. The number of anilines is 2. The lowest BCUT2D eigenvalue weighted by Gasteiger charge is -2.41. The molecule has 1 fully saturated rings. The van der Waals surface area contributed by atoms with Crippen LogP contribution < -0.4 is 9.80 Å². The Morgan fingerprint density at radius 1 is 1.21 bits per heavy atom. The van der Waals surface area contributed by atoms with Gasteiger partial charge in [0.25, 0.3) is 0 Å². The summed E-state index contributed by atoms with van der Waals surface area (Å²) in [6.45, 7) is 9.46. The first kappa shape index (κ1) is 15.6. The van der Waals surface area contributed by atoms with Gasteiger partial charge in [-0.15, -0.1) is 0 Å². The Bertz CT molecular complexity index is 667. The molecule has 3 aliphatic rings. The van der Waals surface area contributed by atoms with Crippen LogP contribution in [0.15, 0.2) is 18.2 Å². The summed E-state index contributed by atoms with van der Waals surface area (Å²) in [6, 6.07) is 7.14. The largest absolute Gasteiger partial charge is 0.444 e. The van der Waals surface area contributed by atoms with Crippen LogP contribution in [0.25, 0.3) is 0 Å². The highest BCUT2D eigenvalue weighted by Crippen LogP contribution is 2.50. The van der Waals surface area contributed by atoms with Crippen LogP contribution in [0, 0.1) is 0 Å². The van der Waals surface area contributed by atoms with Crippen LogP contribution in [0.5, 0.6) is 0 Å². The quantitative estimate of drug-likeness (QED) is 0.733. The van der Waals surface area contributed by atoms with E-state index in [0.717, 1.165) is 32.6 Å². The van der Waals surface area contributed by atoms with Gasteiger partial charge in [0.1, 0.15) is 5.60 Å². The first-order valence-electron chi connectivity index (χ1n) is 8.94. The summed E-state index contributed by atoms with van der Waals surface area (Å²) in [5, 5.41) is 0. The third kappa shape index (κ3) is 2.41. The van der Waals surface area contributed by atoms with Gasteiger partial charge >= 0.3 is 6.09 Å². The second-order valence-corrected chi connectivity index (χ2v) is 8.22. The normalized spacial score (nSPS) is 25.4. The van der Waals surface area contributed by atoms with Crippen LogP contribution in [0.3, 0.4) is 0 Å². The number of piperidine rings is 1. The molecule has 1 aromatic carbocycles. The number of ether oxygens (including phenoxy) is 1. The molecule has 3 heterocycles. The van der Waals surface area contributed by atoms with E-state index in [9.17, 15) is 4.79 Å². The molecule has 5 nitrogen and oxygen atoms in total. The number of likely N-dealkylation sites (N-methyl/N-ethyl adjacent to an activating group) is 1. The van der Waals surface area contributed by atoms with Gasteiger partial charge in [0, 0.05) is 45.2 Å². The second kappa shape index (κ2) is 5.30. The highest BCUT2D eigenvalue weighted by atomic mass is 16.6. The minimum atomic E-state index is -0.438. The number of rotatable bonds is 0. The van der Waals surface area contributed by atoms with Crippen molar-refractivity contribution in [2.45, 2.75) is 44.8 Å². The maximum Gasteiger partial charge on any atom is 0.410 e. The van der Waals surface area contributed by atoms with Crippen molar-refractivity contribution in [2.75, 3.05) is 43.0 Å². The zero-order valence-electron chi connectivity index (χ0n) is 15.1. The predicted molar refractivity (Wildman–Crippen MR) is 96.0 cm³/mol. The molecule has 0 saturated carbocycles. The monoisotopic (exact) mass is 329 g/mol. The lowest BCUT2D eigenvalue weighted by atomic mass is 9.89. The molecule has 1 saturated heterocycles. The first-order chi connectivity index (χ1) is 11.3. The Hall–Kier alpha value is -1.91. The van der Waals surface area contributed by atoms with Gasteiger partial charge in [-0.1, -0.05) is 12.1 Å². The molecule has 0 spiro atoms. The van der Waals surface area contributed by atoms with Gasteiger partial charge in [0.15, 0.2) is 0 Å². The number of amides is 1. The summed E-state index contributed by atoms with van der Waals surface area (Å²) in [4.78, 5) is 19.3. The van der Waals surface area contributed by atoms with Gasteiger partial charge in [0.05, 0.1) is 11.4 Å². The van der Waals surface area contributed by atoms with Gasteiger partial charge in [-0.05, 0) is 38.8 Å². The summed E-state index contributed by atoms with van der Waals surface area (Å²) >= 11 is 0. The SMILES string of the molecule is CN1CCN2c3c(cccc31)[C@@H]1CN(C(=O)OC(C)(C)C)CC[C@@H]12. The number of hydrogen-bond donors (Lipinski definition) is 0. The third-order valence-corrected chi connectivity index (χ3v) is 5.45. The average Bonchev–Trinajstić information content (AvgIpc) is 2.84. The third-order valence-electron chi connectivity index (χ3n) is 5.45. The molecular weight excluding hydrogens is 302 g/mol. The van der Waals surface area contributed by atoms with E-state index in [-0.39, 0.29) is 6.09 Å². The summed E-state index contributed by atoms with van der Waals surface area (Å²) in [7, 11) is 2.17. The van der Waals surface area contributed by atoms with E-state index in [0.29, 0.717) is 12.0 Å². The van der Waals surface area contributed by atoms with E-state index in [1.165, 1.54) is 16.9 Å². The molecule has 0 aliphatic carbocycles. The minimum absolute atomic E-state index is 0.177. The Balaban J connectivity index is 1.61. The first-order valence-corrected chi connectivity index (χ1v) is 8.94.